The Bertz CT molecular complexity index is 951. The van der Waals surface area contributed by atoms with Crippen molar-refractivity contribution < 1.29 is 9.53 Å². The predicted molar refractivity (Wildman–Crippen MR) is 100 cm³/mol. The molecular formula is C20H21N3O3. The second-order valence-electron chi connectivity index (χ2n) is 6.01. The number of fused-ring (bicyclic) bond motifs is 1. The van der Waals surface area contributed by atoms with Gasteiger partial charge in [0.05, 0.1) is 23.8 Å². The van der Waals surface area contributed by atoms with Crippen molar-refractivity contribution in [3.05, 3.63) is 70.8 Å². The lowest BCUT2D eigenvalue weighted by molar-refractivity contribution is -0.121. The number of para-hydroxylation sites is 2. The molecule has 3 aromatic rings. The SMILES string of the molecule is Cc1cccc2c(=O)n(CC(=O)NCCCOc3ccccc3)cnc12. The Hall–Kier alpha value is -3.15. The van der Waals surface area contributed by atoms with E-state index in [0.29, 0.717) is 30.5 Å². The Morgan fingerprint density at radius 3 is 2.77 bits per heavy atom. The van der Waals surface area contributed by atoms with Gasteiger partial charge in [-0.15, -0.1) is 0 Å². The van der Waals surface area contributed by atoms with Gasteiger partial charge in [0.1, 0.15) is 12.3 Å². The van der Waals surface area contributed by atoms with Crippen LogP contribution < -0.4 is 15.6 Å². The van der Waals surface area contributed by atoms with Gasteiger partial charge in [-0.1, -0.05) is 30.3 Å². The molecule has 26 heavy (non-hydrogen) atoms. The summed E-state index contributed by atoms with van der Waals surface area (Å²) in [5.74, 6) is 0.587. The molecule has 0 atom stereocenters. The van der Waals surface area contributed by atoms with Crippen LogP contribution in [0.5, 0.6) is 5.75 Å². The van der Waals surface area contributed by atoms with Crippen molar-refractivity contribution in [1.29, 1.82) is 0 Å². The van der Waals surface area contributed by atoms with Crippen LogP contribution >= 0.6 is 0 Å². The minimum atomic E-state index is -0.222. The van der Waals surface area contributed by atoms with Crippen LogP contribution in [0.15, 0.2) is 59.7 Å². The molecule has 1 N–H and O–H groups in total. The van der Waals surface area contributed by atoms with E-state index in [4.69, 9.17) is 4.74 Å². The summed E-state index contributed by atoms with van der Waals surface area (Å²) >= 11 is 0. The van der Waals surface area contributed by atoms with Crippen molar-refractivity contribution in [2.75, 3.05) is 13.2 Å². The maximum Gasteiger partial charge on any atom is 0.261 e. The largest absolute Gasteiger partial charge is 0.494 e. The van der Waals surface area contributed by atoms with E-state index in [1.807, 2.05) is 49.4 Å². The number of rotatable bonds is 7. The van der Waals surface area contributed by atoms with Crippen LogP contribution in [0.25, 0.3) is 10.9 Å². The number of nitrogens with one attached hydrogen (secondary N) is 1. The van der Waals surface area contributed by atoms with Crippen LogP contribution in [0.2, 0.25) is 0 Å². The first-order valence-electron chi connectivity index (χ1n) is 8.54. The van der Waals surface area contributed by atoms with Crippen LogP contribution in [-0.4, -0.2) is 28.6 Å². The van der Waals surface area contributed by atoms with Gasteiger partial charge in [-0.05, 0) is 37.1 Å². The number of ether oxygens (including phenoxy) is 1. The molecule has 1 amide bonds. The molecule has 0 aliphatic rings. The van der Waals surface area contributed by atoms with E-state index in [1.165, 1.54) is 10.9 Å². The van der Waals surface area contributed by atoms with Crippen LogP contribution in [0.4, 0.5) is 0 Å². The molecule has 0 saturated carbocycles. The van der Waals surface area contributed by atoms with Gasteiger partial charge < -0.3 is 10.1 Å². The maximum atomic E-state index is 12.5. The van der Waals surface area contributed by atoms with Gasteiger partial charge in [0.25, 0.3) is 5.56 Å². The molecule has 134 valence electrons. The second-order valence-corrected chi connectivity index (χ2v) is 6.01. The van der Waals surface area contributed by atoms with E-state index in [2.05, 4.69) is 10.3 Å². The van der Waals surface area contributed by atoms with E-state index in [-0.39, 0.29) is 18.0 Å². The van der Waals surface area contributed by atoms with Crippen LogP contribution in [0, 0.1) is 6.92 Å². The average molecular weight is 351 g/mol. The molecule has 0 saturated heterocycles. The molecule has 1 heterocycles. The first-order chi connectivity index (χ1) is 12.6. The van der Waals surface area contributed by atoms with Crippen LogP contribution in [-0.2, 0) is 11.3 Å². The lowest BCUT2D eigenvalue weighted by Gasteiger charge is -2.09. The molecule has 0 bridgehead atoms. The smallest absolute Gasteiger partial charge is 0.261 e. The number of carbonyl (C=O) groups excluding carboxylic acids is 1. The number of hydrogen-bond acceptors (Lipinski definition) is 4. The number of aryl methyl sites for hydroxylation is 1. The maximum absolute atomic E-state index is 12.5. The number of carbonyl (C=O) groups is 1. The minimum Gasteiger partial charge on any atom is -0.494 e. The van der Waals surface area contributed by atoms with Gasteiger partial charge >= 0.3 is 0 Å². The highest BCUT2D eigenvalue weighted by Crippen LogP contribution is 2.11. The summed E-state index contributed by atoms with van der Waals surface area (Å²) in [6.45, 7) is 2.86. The highest BCUT2D eigenvalue weighted by atomic mass is 16.5. The summed E-state index contributed by atoms with van der Waals surface area (Å²) < 4.78 is 6.90. The average Bonchev–Trinajstić information content (AvgIpc) is 2.65. The lowest BCUT2D eigenvalue weighted by atomic mass is 10.1. The van der Waals surface area contributed by atoms with Gasteiger partial charge in [-0.25, -0.2) is 4.98 Å². The monoisotopic (exact) mass is 351 g/mol. The van der Waals surface area contributed by atoms with Crippen molar-refractivity contribution in [3.63, 3.8) is 0 Å². The van der Waals surface area contributed by atoms with Crippen LogP contribution in [0.3, 0.4) is 0 Å². The zero-order valence-corrected chi connectivity index (χ0v) is 14.6. The Morgan fingerprint density at radius 1 is 1.15 bits per heavy atom. The summed E-state index contributed by atoms with van der Waals surface area (Å²) in [5.41, 5.74) is 1.41. The molecule has 0 radical (unpaired) electrons. The number of nitrogens with zero attached hydrogens (tertiary/aromatic N) is 2. The Balaban J connectivity index is 1.50. The normalized spacial score (nSPS) is 10.7. The topological polar surface area (TPSA) is 73.2 Å². The number of benzene rings is 2. The zero-order valence-electron chi connectivity index (χ0n) is 14.6. The van der Waals surface area contributed by atoms with E-state index in [9.17, 15) is 9.59 Å². The third-order valence-electron chi connectivity index (χ3n) is 4.02. The van der Waals surface area contributed by atoms with Crippen molar-refractivity contribution in [2.45, 2.75) is 19.9 Å². The highest BCUT2D eigenvalue weighted by Gasteiger charge is 2.09. The number of hydrogen-bond donors (Lipinski definition) is 1. The van der Waals surface area contributed by atoms with Gasteiger partial charge in [0, 0.05) is 6.54 Å². The standard InChI is InChI=1S/C20H21N3O3/c1-15-7-5-10-17-19(15)22-14-23(20(17)25)13-18(24)21-11-6-12-26-16-8-3-2-4-9-16/h2-5,7-10,14H,6,11-13H2,1H3,(H,21,24). The van der Waals surface area contributed by atoms with E-state index in [0.717, 1.165) is 11.3 Å². The highest BCUT2D eigenvalue weighted by molar-refractivity contribution is 5.81. The molecular weight excluding hydrogens is 330 g/mol. The van der Waals surface area contributed by atoms with Crippen molar-refractivity contribution in [2.24, 2.45) is 0 Å². The fourth-order valence-corrected chi connectivity index (χ4v) is 2.67. The molecule has 3 rings (SSSR count). The summed E-state index contributed by atoms with van der Waals surface area (Å²) in [4.78, 5) is 28.8. The Kier molecular flexibility index (Phi) is 5.63. The fourth-order valence-electron chi connectivity index (χ4n) is 2.67. The summed E-state index contributed by atoms with van der Waals surface area (Å²) in [6, 6.07) is 15.0. The quantitative estimate of drug-likeness (QED) is 0.663. The van der Waals surface area contributed by atoms with Crippen molar-refractivity contribution in [3.8, 4) is 5.75 Å². The van der Waals surface area contributed by atoms with E-state index < -0.39 is 0 Å². The van der Waals surface area contributed by atoms with Gasteiger partial charge in [-0.3, -0.25) is 14.2 Å². The van der Waals surface area contributed by atoms with Crippen LogP contribution in [0.1, 0.15) is 12.0 Å². The molecule has 2 aromatic carbocycles. The summed E-state index contributed by atoms with van der Waals surface area (Å²) in [5, 5.41) is 3.32. The zero-order chi connectivity index (χ0) is 18.4. The fraction of sp³-hybridized carbons (Fsp3) is 0.250. The molecule has 0 aliphatic heterocycles. The molecule has 0 aliphatic carbocycles. The van der Waals surface area contributed by atoms with Crippen molar-refractivity contribution >= 4 is 16.8 Å². The Morgan fingerprint density at radius 2 is 1.96 bits per heavy atom. The predicted octanol–water partition coefficient (Wildman–Crippen LogP) is 2.29. The molecule has 0 unspecified atom stereocenters. The minimum absolute atomic E-state index is 0.0464. The molecule has 0 spiro atoms. The molecule has 6 heteroatoms. The second kappa shape index (κ2) is 8.29. The van der Waals surface area contributed by atoms with E-state index in [1.54, 1.807) is 6.07 Å². The summed E-state index contributed by atoms with van der Waals surface area (Å²) in [6.07, 6.45) is 2.11. The van der Waals surface area contributed by atoms with Gasteiger partial charge in [0.2, 0.25) is 5.91 Å². The van der Waals surface area contributed by atoms with Gasteiger partial charge in [0.15, 0.2) is 0 Å². The number of amides is 1. The number of aromatic nitrogens is 2. The summed E-state index contributed by atoms with van der Waals surface area (Å²) in [7, 11) is 0. The third kappa shape index (κ3) is 4.27. The lowest BCUT2D eigenvalue weighted by Crippen LogP contribution is -2.33. The Labute approximate surface area is 151 Å². The first kappa shape index (κ1) is 17.7. The first-order valence-corrected chi connectivity index (χ1v) is 8.54. The third-order valence-corrected chi connectivity index (χ3v) is 4.02. The van der Waals surface area contributed by atoms with E-state index >= 15 is 0 Å². The molecule has 0 fully saturated rings. The van der Waals surface area contributed by atoms with Gasteiger partial charge in [-0.2, -0.15) is 0 Å². The molecule has 1 aromatic heterocycles. The van der Waals surface area contributed by atoms with Crippen molar-refractivity contribution in [1.82, 2.24) is 14.9 Å². The molecule has 6 nitrogen and oxygen atoms in total.